The first kappa shape index (κ1) is 20.1. The molecule has 2 saturated heterocycles. The van der Waals surface area contributed by atoms with Crippen LogP contribution in [0.5, 0.6) is 0 Å². The van der Waals surface area contributed by atoms with Crippen molar-refractivity contribution in [1.82, 2.24) is 20.0 Å². The second-order valence-corrected chi connectivity index (χ2v) is 8.38. The Bertz CT molecular complexity index is 753. The molecule has 2 aliphatic heterocycles. The molecule has 2 aliphatic rings. The number of carbonyl (C=O) groups excluding carboxylic acids is 3. The number of nitrogens with zero attached hydrogens (tertiary/aromatic N) is 3. The molecule has 0 aliphatic carbocycles. The van der Waals surface area contributed by atoms with E-state index in [1.807, 2.05) is 56.0 Å². The van der Waals surface area contributed by atoms with Crippen LogP contribution in [-0.4, -0.2) is 71.2 Å². The zero-order chi connectivity index (χ0) is 20.5. The van der Waals surface area contributed by atoms with Gasteiger partial charge in [0.1, 0.15) is 11.1 Å². The molecule has 2 fully saturated rings. The Hall–Kier alpha value is -2.61. The van der Waals surface area contributed by atoms with Crippen molar-refractivity contribution >= 4 is 18.0 Å². The summed E-state index contributed by atoms with van der Waals surface area (Å²) in [6.45, 7) is 9.56. The third-order valence-corrected chi connectivity index (χ3v) is 4.99. The molecule has 28 heavy (non-hydrogen) atoms. The van der Waals surface area contributed by atoms with Crippen molar-refractivity contribution < 1.29 is 19.1 Å². The summed E-state index contributed by atoms with van der Waals surface area (Å²) in [4.78, 5) is 42.5. The Balaban J connectivity index is 1.59. The average Bonchev–Trinajstić information content (AvgIpc) is 2.86. The number of nitrogens with one attached hydrogen (secondary N) is 1. The van der Waals surface area contributed by atoms with E-state index in [2.05, 4.69) is 5.32 Å². The van der Waals surface area contributed by atoms with Crippen LogP contribution in [0.4, 0.5) is 9.59 Å². The quantitative estimate of drug-likeness (QED) is 0.801. The molecule has 0 bridgehead atoms. The molecule has 3 rings (SSSR count). The van der Waals surface area contributed by atoms with Gasteiger partial charge in [-0.25, -0.2) is 14.5 Å². The van der Waals surface area contributed by atoms with Gasteiger partial charge in [0.2, 0.25) is 0 Å². The maximum atomic E-state index is 13.0. The Labute approximate surface area is 165 Å². The van der Waals surface area contributed by atoms with Gasteiger partial charge in [-0.15, -0.1) is 0 Å². The molecule has 4 amide bonds. The molecule has 8 nitrogen and oxygen atoms in total. The lowest BCUT2D eigenvalue weighted by Gasteiger charge is -2.36. The van der Waals surface area contributed by atoms with Crippen LogP contribution in [0, 0.1) is 0 Å². The van der Waals surface area contributed by atoms with E-state index in [1.54, 1.807) is 11.8 Å². The maximum absolute atomic E-state index is 13.0. The second kappa shape index (κ2) is 7.43. The van der Waals surface area contributed by atoms with E-state index >= 15 is 0 Å². The maximum Gasteiger partial charge on any atom is 0.410 e. The van der Waals surface area contributed by atoms with Gasteiger partial charge < -0.3 is 15.0 Å². The van der Waals surface area contributed by atoms with Crippen molar-refractivity contribution in [3.8, 4) is 0 Å². The predicted molar refractivity (Wildman–Crippen MR) is 103 cm³/mol. The first-order valence-corrected chi connectivity index (χ1v) is 9.50. The smallest absolute Gasteiger partial charge is 0.410 e. The lowest BCUT2D eigenvalue weighted by Crippen LogP contribution is -2.53. The van der Waals surface area contributed by atoms with Gasteiger partial charge in [-0.3, -0.25) is 9.69 Å². The molecule has 1 atom stereocenters. The third-order valence-electron chi connectivity index (χ3n) is 4.99. The Morgan fingerprint density at radius 3 is 2.29 bits per heavy atom. The Morgan fingerprint density at radius 2 is 1.71 bits per heavy atom. The number of ether oxygens (including phenoxy) is 1. The van der Waals surface area contributed by atoms with Crippen LogP contribution in [-0.2, 0) is 15.1 Å². The monoisotopic (exact) mass is 388 g/mol. The fourth-order valence-corrected chi connectivity index (χ4v) is 3.39. The third kappa shape index (κ3) is 4.11. The molecule has 1 aromatic rings. The van der Waals surface area contributed by atoms with Crippen LogP contribution < -0.4 is 5.32 Å². The van der Waals surface area contributed by atoms with E-state index in [1.165, 1.54) is 4.90 Å². The lowest BCUT2D eigenvalue weighted by atomic mass is 9.92. The van der Waals surface area contributed by atoms with Crippen molar-refractivity contribution in [2.75, 3.05) is 32.8 Å². The van der Waals surface area contributed by atoms with Crippen molar-refractivity contribution in [3.05, 3.63) is 35.9 Å². The van der Waals surface area contributed by atoms with Gasteiger partial charge in [-0.05, 0) is 33.3 Å². The van der Waals surface area contributed by atoms with Gasteiger partial charge in [-0.1, -0.05) is 30.3 Å². The molecule has 0 aromatic heterocycles. The molecule has 152 valence electrons. The number of hydrogen-bond acceptors (Lipinski definition) is 5. The topological polar surface area (TPSA) is 82.2 Å². The summed E-state index contributed by atoms with van der Waals surface area (Å²) in [7, 11) is 0. The fourth-order valence-electron chi connectivity index (χ4n) is 3.39. The largest absolute Gasteiger partial charge is 0.444 e. The van der Waals surface area contributed by atoms with Crippen molar-refractivity contribution in [2.45, 2.75) is 38.8 Å². The summed E-state index contributed by atoms with van der Waals surface area (Å²) in [5.74, 6) is -0.265. The summed E-state index contributed by atoms with van der Waals surface area (Å²) in [5, 5.41) is 2.81. The van der Waals surface area contributed by atoms with E-state index in [0.717, 1.165) is 5.56 Å². The predicted octanol–water partition coefficient (Wildman–Crippen LogP) is 1.96. The van der Waals surface area contributed by atoms with Gasteiger partial charge in [0.05, 0.1) is 6.67 Å². The highest BCUT2D eigenvalue weighted by Gasteiger charge is 2.49. The number of hydrogen-bond donors (Lipinski definition) is 1. The number of benzene rings is 1. The van der Waals surface area contributed by atoms with Gasteiger partial charge in [0.25, 0.3) is 5.91 Å². The summed E-state index contributed by atoms with van der Waals surface area (Å²) < 4.78 is 5.40. The number of amides is 4. The number of imide groups is 1. The van der Waals surface area contributed by atoms with Gasteiger partial charge >= 0.3 is 12.1 Å². The van der Waals surface area contributed by atoms with Crippen LogP contribution in [0.1, 0.15) is 33.3 Å². The molecule has 0 unspecified atom stereocenters. The number of rotatable bonds is 3. The molecule has 0 saturated carbocycles. The van der Waals surface area contributed by atoms with E-state index in [9.17, 15) is 14.4 Å². The minimum atomic E-state index is -1.06. The standard InChI is InChI=1S/C20H28N4O4/c1-19(2,3)28-18(27)23-12-10-22(11-13-23)14-24-16(25)20(4,21-17(24)26)15-8-6-5-7-9-15/h5-9H,10-14H2,1-4H3,(H,21,26)/t20-/m1/s1. The molecule has 8 heteroatoms. The first-order valence-electron chi connectivity index (χ1n) is 9.50. The molecule has 0 spiro atoms. The van der Waals surface area contributed by atoms with E-state index in [0.29, 0.717) is 26.2 Å². The van der Waals surface area contributed by atoms with E-state index < -0.39 is 17.2 Å². The highest BCUT2D eigenvalue weighted by molar-refractivity contribution is 6.07. The summed E-state index contributed by atoms with van der Waals surface area (Å²) in [6, 6.07) is 8.83. The van der Waals surface area contributed by atoms with Crippen LogP contribution in [0.2, 0.25) is 0 Å². The Morgan fingerprint density at radius 1 is 1.11 bits per heavy atom. The summed E-state index contributed by atoms with van der Waals surface area (Å²) in [5.41, 5.74) is -0.835. The molecular weight excluding hydrogens is 360 g/mol. The SMILES string of the molecule is CC(C)(C)OC(=O)N1CCN(CN2C(=O)N[C@](C)(c3ccccc3)C2=O)CC1. The zero-order valence-electron chi connectivity index (χ0n) is 16.9. The highest BCUT2D eigenvalue weighted by Crippen LogP contribution is 2.28. The molecule has 1 aromatic carbocycles. The summed E-state index contributed by atoms with van der Waals surface area (Å²) >= 11 is 0. The van der Waals surface area contributed by atoms with Gasteiger partial charge in [0.15, 0.2) is 0 Å². The van der Waals surface area contributed by atoms with E-state index in [-0.39, 0.29) is 18.7 Å². The van der Waals surface area contributed by atoms with Crippen LogP contribution in [0.15, 0.2) is 30.3 Å². The number of urea groups is 1. The van der Waals surface area contributed by atoms with Crippen LogP contribution in [0.25, 0.3) is 0 Å². The van der Waals surface area contributed by atoms with E-state index in [4.69, 9.17) is 4.74 Å². The van der Waals surface area contributed by atoms with Gasteiger partial charge in [0, 0.05) is 26.2 Å². The van der Waals surface area contributed by atoms with Crippen LogP contribution >= 0.6 is 0 Å². The zero-order valence-corrected chi connectivity index (χ0v) is 16.9. The minimum Gasteiger partial charge on any atom is -0.444 e. The Kier molecular flexibility index (Phi) is 5.34. The molecular formula is C20H28N4O4. The molecule has 1 N–H and O–H groups in total. The second-order valence-electron chi connectivity index (χ2n) is 8.38. The van der Waals surface area contributed by atoms with Gasteiger partial charge in [-0.2, -0.15) is 0 Å². The first-order chi connectivity index (χ1) is 13.1. The minimum absolute atomic E-state index is 0.204. The summed E-state index contributed by atoms with van der Waals surface area (Å²) in [6.07, 6.45) is -0.334. The molecule has 2 heterocycles. The lowest BCUT2D eigenvalue weighted by molar-refractivity contribution is -0.132. The number of carbonyl (C=O) groups is 3. The van der Waals surface area contributed by atoms with Crippen LogP contribution in [0.3, 0.4) is 0 Å². The van der Waals surface area contributed by atoms with Crippen molar-refractivity contribution in [1.29, 1.82) is 0 Å². The average molecular weight is 388 g/mol. The fraction of sp³-hybridized carbons (Fsp3) is 0.550. The molecule has 0 radical (unpaired) electrons. The normalized spacial score (nSPS) is 23.7. The van der Waals surface area contributed by atoms with Crippen molar-refractivity contribution in [3.63, 3.8) is 0 Å². The number of piperazine rings is 1. The highest BCUT2D eigenvalue weighted by atomic mass is 16.6. The van der Waals surface area contributed by atoms with Crippen molar-refractivity contribution in [2.24, 2.45) is 0 Å².